The number of thioether (sulfide) groups is 1. The molecule has 0 radical (unpaired) electrons. The number of hydrazine groups is 1. The molecule has 3 aromatic rings. The van der Waals surface area contributed by atoms with Crippen LogP contribution >= 0.6 is 23.4 Å². The van der Waals surface area contributed by atoms with Gasteiger partial charge in [-0.25, -0.2) is 4.98 Å². The van der Waals surface area contributed by atoms with Gasteiger partial charge in [0.15, 0.2) is 16.7 Å². The lowest BCUT2D eigenvalue weighted by atomic mass is 10.2. The Morgan fingerprint density at radius 3 is 2.87 bits per heavy atom. The van der Waals surface area contributed by atoms with E-state index >= 15 is 0 Å². The lowest BCUT2D eigenvalue weighted by Gasteiger charge is -2.21. The number of ether oxygens (including phenoxy) is 1. The molecule has 3 heterocycles. The molecule has 1 aliphatic rings. The Morgan fingerprint density at radius 2 is 2.10 bits per heavy atom. The summed E-state index contributed by atoms with van der Waals surface area (Å²) in [4.78, 5) is 9.78. The zero-order valence-electron chi connectivity index (χ0n) is 16.7. The minimum Gasteiger partial charge on any atom is -0.481 e. The van der Waals surface area contributed by atoms with E-state index < -0.39 is 0 Å². The highest BCUT2D eigenvalue weighted by molar-refractivity contribution is 7.99. The van der Waals surface area contributed by atoms with E-state index in [-0.39, 0.29) is 5.37 Å². The maximum Gasteiger partial charge on any atom is 0.213 e. The second-order valence-electron chi connectivity index (χ2n) is 6.46. The summed E-state index contributed by atoms with van der Waals surface area (Å²) in [5.74, 6) is 2.01. The number of methoxy groups -OCH3 is 1. The van der Waals surface area contributed by atoms with Gasteiger partial charge in [-0.2, -0.15) is 0 Å². The normalized spacial score (nSPS) is 14.4. The number of pyridine rings is 1. The third kappa shape index (κ3) is 4.23. The zero-order valence-corrected chi connectivity index (χ0v) is 18.3. The average Bonchev–Trinajstić information content (AvgIpc) is 3.41. The maximum atomic E-state index is 6.08. The number of nitrogens with zero attached hydrogens (tertiary/aromatic N) is 5. The number of benzene rings is 1. The van der Waals surface area contributed by atoms with Crippen LogP contribution in [0.3, 0.4) is 0 Å². The summed E-state index contributed by atoms with van der Waals surface area (Å²) in [7, 11) is 1.59. The van der Waals surface area contributed by atoms with Crippen LogP contribution in [0.1, 0.15) is 19.4 Å². The van der Waals surface area contributed by atoms with E-state index in [0.717, 1.165) is 28.7 Å². The molecule has 0 bridgehead atoms. The van der Waals surface area contributed by atoms with Gasteiger partial charge in [0.25, 0.3) is 0 Å². The quantitative estimate of drug-likeness (QED) is 0.543. The van der Waals surface area contributed by atoms with E-state index in [1.165, 1.54) is 0 Å². The summed E-state index contributed by atoms with van der Waals surface area (Å²) < 4.78 is 7.29. The molecular formula is C20H21ClN6O2S. The molecule has 1 atom stereocenters. The highest BCUT2D eigenvalue weighted by Crippen LogP contribution is 2.31. The number of hydrogen-bond donors (Lipinski definition) is 1. The molecule has 8 nitrogen and oxygen atoms in total. The third-order valence-electron chi connectivity index (χ3n) is 4.53. The first-order valence-corrected chi connectivity index (χ1v) is 10.6. The summed E-state index contributed by atoms with van der Waals surface area (Å²) in [5.41, 5.74) is 4.74. The predicted octanol–water partition coefficient (Wildman–Crippen LogP) is 4.21. The zero-order chi connectivity index (χ0) is 21.1. The average molecular weight is 445 g/mol. The molecule has 30 heavy (non-hydrogen) atoms. The van der Waals surface area contributed by atoms with E-state index in [2.05, 4.69) is 39.2 Å². The predicted molar refractivity (Wildman–Crippen MR) is 116 cm³/mol. The van der Waals surface area contributed by atoms with Gasteiger partial charge in [0, 0.05) is 35.0 Å². The molecule has 156 valence electrons. The minimum absolute atomic E-state index is 0.00369. The van der Waals surface area contributed by atoms with E-state index in [1.807, 2.05) is 47.6 Å². The largest absolute Gasteiger partial charge is 0.481 e. The molecular weight excluding hydrogens is 424 g/mol. The van der Waals surface area contributed by atoms with Crippen molar-refractivity contribution in [3.8, 4) is 17.3 Å². The molecule has 2 aromatic heterocycles. The van der Waals surface area contributed by atoms with Gasteiger partial charge >= 0.3 is 0 Å². The topological polar surface area (TPSA) is 77.3 Å². The first-order chi connectivity index (χ1) is 14.6. The second-order valence-corrected chi connectivity index (χ2v) is 8.18. The number of nitrogens with one attached hydrogen (secondary N) is 1. The Kier molecular flexibility index (Phi) is 6.12. The van der Waals surface area contributed by atoms with Crippen LogP contribution in [0.5, 0.6) is 5.88 Å². The van der Waals surface area contributed by atoms with Crippen LogP contribution in [0.2, 0.25) is 5.02 Å². The smallest absolute Gasteiger partial charge is 0.213 e. The number of hydrogen-bond acceptors (Lipinski definition) is 8. The Labute approximate surface area is 183 Å². The minimum atomic E-state index is -0.00369. The molecule has 0 saturated heterocycles. The van der Waals surface area contributed by atoms with Gasteiger partial charge in [0.1, 0.15) is 0 Å². The van der Waals surface area contributed by atoms with Crippen LogP contribution in [0.4, 0.5) is 0 Å². The summed E-state index contributed by atoms with van der Waals surface area (Å²) in [6, 6.07) is 11.3. The molecule has 1 aromatic carbocycles. The Morgan fingerprint density at radius 1 is 1.23 bits per heavy atom. The van der Waals surface area contributed by atoms with Gasteiger partial charge in [-0.3, -0.25) is 5.01 Å². The van der Waals surface area contributed by atoms with Gasteiger partial charge in [0.05, 0.1) is 18.7 Å². The van der Waals surface area contributed by atoms with Crippen molar-refractivity contribution in [1.29, 1.82) is 0 Å². The molecule has 0 amide bonds. The van der Waals surface area contributed by atoms with Crippen molar-refractivity contribution in [3.63, 3.8) is 0 Å². The monoisotopic (exact) mass is 444 g/mol. The Balaban J connectivity index is 1.52. The molecule has 1 N–H and O–H groups in total. The maximum absolute atomic E-state index is 6.08. The number of aromatic nitrogens is 4. The van der Waals surface area contributed by atoms with Crippen molar-refractivity contribution >= 4 is 29.1 Å². The Bertz CT molecular complexity index is 1070. The van der Waals surface area contributed by atoms with Crippen LogP contribution in [0.15, 0.2) is 54.0 Å². The van der Waals surface area contributed by atoms with E-state index in [4.69, 9.17) is 21.2 Å². The van der Waals surface area contributed by atoms with Gasteiger partial charge in [-0.15, -0.1) is 10.2 Å². The van der Waals surface area contributed by atoms with Crippen molar-refractivity contribution in [1.82, 2.24) is 30.3 Å². The lowest BCUT2D eigenvalue weighted by Crippen LogP contribution is -2.34. The van der Waals surface area contributed by atoms with Crippen molar-refractivity contribution in [3.05, 3.63) is 59.4 Å². The summed E-state index contributed by atoms with van der Waals surface area (Å²) in [6.45, 7) is 4.85. The summed E-state index contributed by atoms with van der Waals surface area (Å²) in [6.07, 6.45) is 3.61. The van der Waals surface area contributed by atoms with Gasteiger partial charge in [-0.05, 0) is 32.0 Å². The fourth-order valence-electron chi connectivity index (χ4n) is 2.98. The van der Waals surface area contributed by atoms with E-state index in [1.54, 1.807) is 25.1 Å². The van der Waals surface area contributed by atoms with Crippen molar-refractivity contribution in [2.45, 2.75) is 30.9 Å². The third-order valence-corrected chi connectivity index (χ3v) is 5.85. The van der Waals surface area contributed by atoms with Gasteiger partial charge in [0.2, 0.25) is 5.88 Å². The Hall–Kier alpha value is -2.75. The molecule has 10 heteroatoms. The second kappa shape index (κ2) is 8.95. The standard InChI is InChI=1S/C20H21ClN6O2S/c1-4-26-19(15-8-9-22-18(11-15)28-3)23-24-20(26)30-13(2)27-12-17(29-25-27)14-6-5-7-16(21)10-14/h5-13,25H,4H2,1-3H3. The number of rotatable bonds is 7. The van der Waals surface area contributed by atoms with Crippen LogP contribution in [0, 0.1) is 0 Å². The van der Waals surface area contributed by atoms with Crippen LogP contribution in [-0.2, 0) is 11.4 Å². The molecule has 1 aliphatic heterocycles. The van der Waals surface area contributed by atoms with Crippen molar-refractivity contribution in [2.75, 3.05) is 7.11 Å². The summed E-state index contributed by atoms with van der Waals surface area (Å²) >= 11 is 7.66. The first-order valence-electron chi connectivity index (χ1n) is 9.38. The van der Waals surface area contributed by atoms with Gasteiger partial charge in [-0.1, -0.05) is 41.1 Å². The fraction of sp³-hybridized carbons (Fsp3) is 0.250. The summed E-state index contributed by atoms with van der Waals surface area (Å²) in [5, 5.41) is 12.1. The molecule has 0 aliphatic carbocycles. The van der Waals surface area contributed by atoms with Crippen LogP contribution in [0.25, 0.3) is 17.1 Å². The SMILES string of the molecule is CCn1c(SC(C)N2C=C(c3cccc(Cl)c3)ON2)nnc1-c1ccnc(OC)c1. The fourth-order valence-corrected chi connectivity index (χ4v) is 4.12. The van der Waals surface area contributed by atoms with Crippen LogP contribution < -0.4 is 10.3 Å². The van der Waals surface area contributed by atoms with Crippen molar-refractivity contribution < 1.29 is 9.57 Å². The lowest BCUT2D eigenvalue weighted by molar-refractivity contribution is 0.0437. The first kappa shape index (κ1) is 20.5. The highest BCUT2D eigenvalue weighted by Gasteiger charge is 2.24. The molecule has 0 spiro atoms. The van der Waals surface area contributed by atoms with Crippen LogP contribution in [-0.4, -0.2) is 37.2 Å². The molecule has 0 fully saturated rings. The number of halogens is 1. The molecule has 4 rings (SSSR count). The van der Waals surface area contributed by atoms with Gasteiger partial charge < -0.3 is 14.1 Å². The van der Waals surface area contributed by atoms with E-state index in [9.17, 15) is 0 Å². The highest BCUT2D eigenvalue weighted by atomic mass is 35.5. The molecule has 1 unspecified atom stereocenters. The van der Waals surface area contributed by atoms with E-state index in [0.29, 0.717) is 16.7 Å². The molecule has 0 saturated carbocycles. The van der Waals surface area contributed by atoms with Crippen molar-refractivity contribution in [2.24, 2.45) is 0 Å².